The lowest BCUT2D eigenvalue weighted by Crippen LogP contribution is -1.85. The van der Waals surface area contributed by atoms with Crippen molar-refractivity contribution in [3.8, 4) is 34.4 Å². The molecule has 5 aromatic rings. The van der Waals surface area contributed by atoms with Crippen molar-refractivity contribution in [1.82, 2.24) is 35.5 Å². The summed E-state index contributed by atoms with van der Waals surface area (Å²) in [6.45, 7) is 1.86. The third-order valence-corrected chi connectivity index (χ3v) is 4.62. The lowest BCUT2D eigenvalue weighted by molar-refractivity contribution is 0.431. The second kappa shape index (κ2) is 6.13. The Morgan fingerprint density at radius 2 is 1.78 bits per heavy atom. The molecule has 27 heavy (non-hydrogen) atoms. The van der Waals surface area contributed by atoms with E-state index in [1.165, 1.54) is 0 Å². The van der Waals surface area contributed by atoms with Gasteiger partial charge < -0.3 is 4.52 Å². The van der Waals surface area contributed by atoms with Crippen molar-refractivity contribution in [3.63, 3.8) is 0 Å². The van der Waals surface area contributed by atoms with Gasteiger partial charge in [-0.15, -0.1) is 0 Å². The summed E-state index contributed by atoms with van der Waals surface area (Å²) >= 11 is 3.47. The van der Waals surface area contributed by atoms with E-state index in [9.17, 15) is 0 Å². The van der Waals surface area contributed by atoms with Crippen molar-refractivity contribution >= 4 is 26.8 Å². The van der Waals surface area contributed by atoms with Crippen LogP contribution in [-0.4, -0.2) is 35.5 Å². The molecule has 9 heteroatoms. The third-order valence-electron chi connectivity index (χ3n) is 4.13. The summed E-state index contributed by atoms with van der Waals surface area (Å²) in [4.78, 5) is 8.87. The van der Waals surface area contributed by atoms with Gasteiger partial charge >= 0.3 is 0 Å². The van der Waals surface area contributed by atoms with Gasteiger partial charge in [-0.05, 0) is 31.2 Å². The molecule has 5 rings (SSSR count). The molecular weight excluding hydrogens is 410 g/mol. The lowest BCUT2D eigenvalue weighted by atomic mass is 10.1. The Kier molecular flexibility index (Phi) is 3.61. The van der Waals surface area contributed by atoms with Crippen molar-refractivity contribution in [3.05, 3.63) is 52.8 Å². The highest BCUT2D eigenvalue weighted by molar-refractivity contribution is 9.10. The number of fused-ring (bicyclic) bond motifs is 1. The van der Waals surface area contributed by atoms with E-state index in [4.69, 9.17) is 4.52 Å². The van der Waals surface area contributed by atoms with Crippen LogP contribution in [0.15, 0.2) is 51.5 Å². The number of aryl methyl sites for hydroxylation is 1. The van der Waals surface area contributed by atoms with E-state index in [0.717, 1.165) is 32.3 Å². The van der Waals surface area contributed by atoms with Crippen LogP contribution in [0.25, 0.3) is 45.3 Å². The molecule has 0 aliphatic heterocycles. The van der Waals surface area contributed by atoms with Gasteiger partial charge in [-0.3, -0.25) is 10.2 Å². The standard InChI is InChI=1S/C18H12BrN7O/c1-9-20-16(25-22-9)10-3-2-4-11(7-10)17-21-18(27-26-17)15-13-8-12(19)5-6-14(13)23-24-15/h2-8H,1H3,(H,23,24)(H,20,22,25). The molecule has 0 spiro atoms. The first-order valence-electron chi connectivity index (χ1n) is 8.15. The van der Waals surface area contributed by atoms with Crippen LogP contribution in [0.3, 0.4) is 0 Å². The van der Waals surface area contributed by atoms with Crippen LogP contribution in [-0.2, 0) is 0 Å². The molecule has 2 aromatic carbocycles. The number of halogens is 1. The zero-order valence-corrected chi connectivity index (χ0v) is 15.6. The maximum atomic E-state index is 5.46. The molecule has 0 aliphatic rings. The van der Waals surface area contributed by atoms with E-state index >= 15 is 0 Å². The van der Waals surface area contributed by atoms with Crippen LogP contribution in [0.2, 0.25) is 0 Å². The number of rotatable bonds is 3. The number of benzene rings is 2. The largest absolute Gasteiger partial charge is 0.332 e. The van der Waals surface area contributed by atoms with E-state index in [2.05, 4.69) is 51.4 Å². The highest BCUT2D eigenvalue weighted by atomic mass is 79.9. The van der Waals surface area contributed by atoms with Gasteiger partial charge in [0.25, 0.3) is 5.89 Å². The number of H-pyrrole nitrogens is 2. The van der Waals surface area contributed by atoms with Crippen molar-refractivity contribution < 1.29 is 4.52 Å². The molecule has 0 atom stereocenters. The quantitative estimate of drug-likeness (QED) is 0.453. The predicted octanol–water partition coefficient (Wildman–Crippen LogP) is 4.14. The van der Waals surface area contributed by atoms with E-state index < -0.39 is 0 Å². The van der Waals surface area contributed by atoms with E-state index in [0.29, 0.717) is 23.2 Å². The molecule has 0 amide bonds. The summed E-state index contributed by atoms with van der Waals surface area (Å²) in [5.41, 5.74) is 3.20. The van der Waals surface area contributed by atoms with Gasteiger partial charge in [0.05, 0.1) is 5.52 Å². The molecule has 3 aromatic heterocycles. The summed E-state index contributed by atoms with van der Waals surface area (Å²) in [6.07, 6.45) is 0. The monoisotopic (exact) mass is 421 g/mol. The first-order valence-corrected chi connectivity index (χ1v) is 8.94. The van der Waals surface area contributed by atoms with E-state index in [1.807, 2.05) is 49.4 Å². The van der Waals surface area contributed by atoms with Gasteiger partial charge in [0.1, 0.15) is 5.82 Å². The summed E-state index contributed by atoms with van der Waals surface area (Å²) in [5, 5.41) is 19.3. The third kappa shape index (κ3) is 2.81. The number of nitrogens with one attached hydrogen (secondary N) is 2. The Bertz CT molecular complexity index is 1270. The van der Waals surface area contributed by atoms with Gasteiger partial charge in [0.15, 0.2) is 11.5 Å². The second-order valence-corrected chi connectivity index (χ2v) is 6.93. The SMILES string of the molecule is Cc1nc(-c2cccc(-c3noc(-c4n[nH]c5ccc(Br)cc45)n3)c2)n[nH]1. The number of hydrogen-bond acceptors (Lipinski definition) is 6. The Balaban J connectivity index is 1.55. The molecule has 0 fully saturated rings. The average Bonchev–Trinajstić information content (AvgIpc) is 3.40. The van der Waals surface area contributed by atoms with Crippen LogP contribution >= 0.6 is 15.9 Å². The predicted molar refractivity (Wildman–Crippen MR) is 103 cm³/mol. The van der Waals surface area contributed by atoms with Gasteiger partial charge in [-0.1, -0.05) is 39.3 Å². The minimum absolute atomic E-state index is 0.355. The molecule has 0 unspecified atom stereocenters. The highest BCUT2D eigenvalue weighted by Gasteiger charge is 2.17. The fraction of sp³-hybridized carbons (Fsp3) is 0.0556. The van der Waals surface area contributed by atoms with Crippen LogP contribution in [0, 0.1) is 6.92 Å². The van der Waals surface area contributed by atoms with Crippen LogP contribution in [0.5, 0.6) is 0 Å². The minimum Gasteiger partial charge on any atom is -0.332 e. The second-order valence-electron chi connectivity index (χ2n) is 6.01. The van der Waals surface area contributed by atoms with Gasteiger partial charge in [-0.25, -0.2) is 4.98 Å². The maximum Gasteiger partial charge on any atom is 0.279 e. The van der Waals surface area contributed by atoms with Crippen molar-refractivity contribution in [1.29, 1.82) is 0 Å². The summed E-state index contributed by atoms with van der Waals surface area (Å²) in [5.74, 6) is 2.22. The fourth-order valence-corrected chi connectivity index (χ4v) is 3.22. The maximum absolute atomic E-state index is 5.46. The van der Waals surface area contributed by atoms with Crippen LogP contribution in [0.1, 0.15) is 5.82 Å². The molecule has 0 saturated heterocycles. The fourth-order valence-electron chi connectivity index (χ4n) is 2.86. The Morgan fingerprint density at radius 3 is 2.59 bits per heavy atom. The highest BCUT2D eigenvalue weighted by Crippen LogP contribution is 2.29. The normalized spacial score (nSPS) is 11.3. The molecule has 8 nitrogen and oxygen atoms in total. The molecular formula is C18H12BrN7O. The Hall–Kier alpha value is -3.33. The number of hydrogen-bond donors (Lipinski definition) is 2. The molecule has 0 radical (unpaired) electrons. The van der Waals surface area contributed by atoms with Crippen LogP contribution in [0.4, 0.5) is 0 Å². The molecule has 2 N–H and O–H groups in total. The summed E-state index contributed by atoms with van der Waals surface area (Å²) < 4.78 is 6.42. The Labute approximate surface area is 161 Å². The molecule has 3 heterocycles. The number of aromatic nitrogens is 7. The molecule has 0 bridgehead atoms. The van der Waals surface area contributed by atoms with E-state index in [1.54, 1.807) is 0 Å². The zero-order valence-electron chi connectivity index (χ0n) is 14.1. The summed E-state index contributed by atoms with van der Waals surface area (Å²) in [7, 11) is 0. The topological polar surface area (TPSA) is 109 Å². The van der Waals surface area contributed by atoms with Crippen molar-refractivity contribution in [2.45, 2.75) is 6.92 Å². The zero-order chi connectivity index (χ0) is 18.4. The van der Waals surface area contributed by atoms with Gasteiger partial charge in [0.2, 0.25) is 5.82 Å². The lowest BCUT2D eigenvalue weighted by Gasteiger charge is -1.98. The number of aromatic amines is 2. The van der Waals surface area contributed by atoms with Gasteiger partial charge in [0, 0.05) is 21.0 Å². The van der Waals surface area contributed by atoms with Gasteiger partial charge in [-0.2, -0.15) is 15.2 Å². The Morgan fingerprint density at radius 1 is 0.926 bits per heavy atom. The molecule has 0 saturated carbocycles. The smallest absolute Gasteiger partial charge is 0.279 e. The first-order chi connectivity index (χ1) is 13.2. The summed E-state index contributed by atoms with van der Waals surface area (Å²) in [6, 6.07) is 13.5. The van der Waals surface area contributed by atoms with Crippen LogP contribution < -0.4 is 0 Å². The number of nitrogens with zero attached hydrogens (tertiary/aromatic N) is 5. The first kappa shape index (κ1) is 15.9. The van der Waals surface area contributed by atoms with Crippen molar-refractivity contribution in [2.24, 2.45) is 0 Å². The molecule has 0 aliphatic carbocycles. The van der Waals surface area contributed by atoms with Crippen molar-refractivity contribution in [2.75, 3.05) is 0 Å². The van der Waals surface area contributed by atoms with E-state index in [-0.39, 0.29) is 0 Å². The molecule has 132 valence electrons. The average molecular weight is 422 g/mol. The minimum atomic E-state index is 0.355.